The number of benzene rings is 5. The number of anilines is 6. The van der Waals surface area contributed by atoms with Crippen LogP contribution in [0.3, 0.4) is 0 Å². The maximum absolute atomic E-state index is 4.37. The second-order valence-electron chi connectivity index (χ2n) is 12.6. The van der Waals surface area contributed by atoms with Gasteiger partial charge in [0.05, 0.1) is 28.4 Å². The van der Waals surface area contributed by atoms with Gasteiger partial charge in [-0.25, -0.2) is 0 Å². The molecule has 0 spiro atoms. The molecule has 0 amide bonds. The van der Waals surface area contributed by atoms with Crippen molar-refractivity contribution in [3.05, 3.63) is 97.1 Å². The summed E-state index contributed by atoms with van der Waals surface area (Å²) in [4.78, 5) is 2.22. The van der Waals surface area contributed by atoms with Gasteiger partial charge in [-0.05, 0) is 89.6 Å². The molecule has 6 rings (SSSR count). The van der Waals surface area contributed by atoms with E-state index < -0.39 is 0 Å². The number of hydrazine groups is 2. The van der Waals surface area contributed by atoms with Crippen molar-refractivity contribution < 1.29 is 0 Å². The summed E-state index contributed by atoms with van der Waals surface area (Å²) in [5.41, 5.74) is 19.4. The third-order valence-electron chi connectivity index (χ3n) is 8.39. The number of nitrogens with zero attached hydrogens (tertiary/aromatic N) is 5. The van der Waals surface area contributed by atoms with Crippen LogP contribution in [0.15, 0.2) is 107 Å². The Morgan fingerprint density at radius 3 is 1.59 bits per heavy atom. The largest absolute Gasteiger partial charge is 0.382 e. The normalized spacial score (nSPS) is 12.2. The zero-order valence-electron chi connectivity index (χ0n) is 28.8. The van der Waals surface area contributed by atoms with Crippen molar-refractivity contribution in [2.45, 2.75) is 66.1 Å². The fraction of sp³-hybridized carbons (Fsp3) is 0.263. The zero-order chi connectivity index (χ0) is 34.3. The van der Waals surface area contributed by atoms with Crippen LogP contribution < -0.4 is 31.9 Å². The molecule has 1 atom stereocenters. The molecule has 10 nitrogen and oxygen atoms in total. The lowest BCUT2D eigenvalue weighted by atomic mass is 10.1. The molecular weight excluding hydrogens is 629 g/mol. The number of azo groups is 1. The number of hydrogen-bond donors (Lipinski definition) is 5. The van der Waals surface area contributed by atoms with Crippen molar-refractivity contribution >= 4 is 77.3 Å². The summed E-state index contributed by atoms with van der Waals surface area (Å²) in [5.74, 6) is 0. The van der Waals surface area contributed by atoms with Gasteiger partial charge in [-0.15, -0.1) is 20.4 Å². The number of hydrogen-bond acceptors (Lipinski definition) is 11. The topological polar surface area (TPSA) is 114 Å². The van der Waals surface area contributed by atoms with Gasteiger partial charge in [0.1, 0.15) is 0 Å². The summed E-state index contributed by atoms with van der Waals surface area (Å²) in [5, 5.41) is 26.8. The van der Waals surface area contributed by atoms with Crippen LogP contribution in [-0.4, -0.2) is 28.3 Å². The second-order valence-corrected chi connectivity index (χ2v) is 13.5. The molecule has 6 aromatic rings. The molecule has 0 saturated carbocycles. The van der Waals surface area contributed by atoms with Crippen molar-refractivity contribution in [2.75, 3.05) is 31.9 Å². The summed E-state index contributed by atoms with van der Waals surface area (Å²) >= 11 is 1.44. The van der Waals surface area contributed by atoms with Crippen molar-refractivity contribution in [2.24, 2.45) is 10.2 Å². The molecule has 0 saturated heterocycles. The fourth-order valence-corrected chi connectivity index (χ4v) is 6.73. The lowest BCUT2D eigenvalue weighted by Gasteiger charge is -2.29. The maximum atomic E-state index is 4.37. The van der Waals surface area contributed by atoms with Gasteiger partial charge in [0.15, 0.2) is 0 Å². The third kappa shape index (κ3) is 7.84. The first-order chi connectivity index (χ1) is 23.8. The first-order valence-electron chi connectivity index (χ1n) is 16.8. The number of fused-ring (bicyclic) bond motifs is 2. The molecule has 0 radical (unpaired) electrons. The highest BCUT2D eigenvalue weighted by Gasteiger charge is 2.18. The molecule has 49 heavy (non-hydrogen) atoms. The van der Waals surface area contributed by atoms with E-state index in [1.54, 1.807) is 0 Å². The molecule has 0 aliphatic heterocycles. The Kier molecular flexibility index (Phi) is 10.4. The molecule has 0 bridgehead atoms. The molecule has 0 aliphatic carbocycles. The van der Waals surface area contributed by atoms with Gasteiger partial charge >= 0.3 is 0 Å². The average molecular weight is 673 g/mol. The van der Waals surface area contributed by atoms with Crippen LogP contribution in [0, 0.1) is 0 Å². The average Bonchev–Trinajstić information content (AvgIpc) is 3.57. The van der Waals surface area contributed by atoms with E-state index in [-0.39, 0.29) is 0 Å². The highest BCUT2D eigenvalue weighted by molar-refractivity contribution is 7.18. The Morgan fingerprint density at radius 1 is 0.592 bits per heavy atom. The smallest absolute Gasteiger partial charge is 0.253 e. The predicted molar refractivity (Wildman–Crippen MR) is 209 cm³/mol. The third-order valence-corrected chi connectivity index (χ3v) is 9.21. The maximum Gasteiger partial charge on any atom is 0.253 e. The van der Waals surface area contributed by atoms with Crippen LogP contribution in [0.25, 0.3) is 21.5 Å². The van der Waals surface area contributed by atoms with Crippen LogP contribution in [0.2, 0.25) is 0 Å². The van der Waals surface area contributed by atoms with E-state index in [2.05, 4.69) is 161 Å². The summed E-state index contributed by atoms with van der Waals surface area (Å²) in [6.45, 7) is 13.0. The standard InChI is InChI=1S/C38H44N10S/c1-7-26(6)39-33-20-21-35(30-13-9-8-12-29(30)33)43-44-36-23-22-34(31-14-10-11-15-32(31)36)42-40-27-16-18-28(19-17-27)41-45-37-46-47-38(49-37)48(24(2)3)25(4)5/h8-26,39-40,42-44H,7H2,1-6H3/b45-41+. The SMILES string of the molecule is CCC(C)Nc1ccc(NNc2ccc(NNc3ccc(/N=N/c4nnc(N(C(C)C)C(C)C)s4)cc3)c3ccccc23)c2ccccc12. The molecule has 1 unspecified atom stereocenters. The van der Waals surface area contributed by atoms with Crippen LogP contribution in [0.4, 0.5) is 44.4 Å². The van der Waals surface area contributed by atoms with E-state index in [0.717, 1.165) is 61.8 Å². The predicted octanol–water partition coefficient (Wildman–Crippen LogP) is 11.0. The Hall–Kier alpha value is -5.42. The number of nitrogens with one attached hydrogen (secondary N) is 5. The Labute approximate surface area is 292 Å². The van der Waals surface area contributed by atoms with Gasteiger partial charge in [0.25, 0.3) is 5.13 Å². The molecule has 0 aliphatic rings. The van der Waals surface area contributed by atoms with Crippen molar-refractivity contribution in [3.63, 3.8) is 0 Å². The van der Waals surface area contributed by atoms with Crippen LogP contribution in [-0.2, 0) is 0 Å². The number of aromatic nitrogens is 2. The van der Waals surface area contributed by atoms with Gasteiger partial charge in [-0.1, -0.05) is 66.8 Å². The summed E-state index contributed by atoms with van der Waals surface area (Å²) in [6, 6.07) is 34.0. The van der Waals surface area contributed by atoms with Crippen molar-refractivity contribution in [1.82, 2.24) is 10.2 Å². The van der Waals surface area contributed by atoms with Crippen LogP contribution in [0.1, 0.15) is 48.0 Å². The van der Waals surface area contributed by atoms with Crippen LogP contribution >= 0.6 is 11.3 Å². The van der Waals surface area contributed by atoms with Crippen molar-refractivity contribution in [1.29, 1.82) is 0 Å². The molecule has 1 aromatic heterocycles. The summed E-state index contributed by atoms with van der Waals surface area (Å²) in [7, 11) is 0. The van der Waals surface area contributed by atoms with Gasteiger partial charge in [-0.2, -0.15) is 0 Å². The molecule has 5 aromatic carbocycles. The molecular formula is C38H44N10S. The summed E-state index contributed by atoms with van der Waals surface area (Å²) in [6.07, 6.45) is 1.06. The molecule has 1 heterocycles. The Bertz CT molecular complexity index is 2030. The molecule has 5 N–H and O–H groups in total. The van der Waals surface area contributed by atoms with Crippen LogP contribution in [0.5, 0.6) is 0 Å². The van der Waals surface area contributed by atoms with Gasteiger partial charge < -0.3 is 31.9 Å². The first-order valence-corrected chi connectivity index (χ1v) is 17.6. The Balaban J connectivity index is 1.11. The van der Waals surface area contributed by atoms with E-state index in [1.807, 2.05) is 30.3 Å². The summed E-state index contributed by atoms with van der Waals surface area (Å²) < 4.78 is 0. The van der Waals surface area contributed by atoms with E-state index in [4.69, 9.17) is 0 Å². The minimum atomic E-state index is 0.322. The van der Waals surface area contributed by atoms with Gasteiger partial charge in [0, 0.05) is 45.4 Å². The fourth-order valence-electron chi connectivity index (χ4n) is 5.80. The second kappa shape index (κ2) is 15.2. The Morgan fingerprint density at radius 2 is 1.08 bits per heavy atom. The van der Waals surface area contributed by atoms with Crippen molar-refractivity contribution in [3.8, 4) is 0 Å². The highest BCUT2D eigenvalue weighted by atomic mass is 32.1. The minimum absolute atomic E-state index is 0.322. The van der Waals surface area contributed by atoms with E-state index in [1.165, 1.54) is 16.7 Å². The molecule has 0 fully saturated rings. The van der Waals surface area contributed by atoms with E-state index in [0.29, 0.717) is 23.3 Å². The molecule has 252 valence electrons. The van der Waals surface area contributed by atoms with Gasteiger partial charge in [0.2, 0.25) is 5.13 Å². The lowest BCUT2D eigenvalue weighted by Crippen LogP contribution is -2.36. The van der Waals surface area contributed by atoms with Gasteiger partial charge in [-0.3, -0.25) is 0 Å². The monoisotopic (exact) mass is 672 g/mol. The minimum Gasteiger partial charge on any atom is -0.382 e. The van der Waals surface area contributed by atoms with E-state index in [9.17, 15) is 0 Å². The van der Waals surface area contributed by atoms with E-state index >= 15 is 0 Å². The zero-order valence-corrected chi connectivity index (χ0v) is 29.6. The lowest BCUT2D eigenvalue weighted by molar-refractivity contribution is 0.603. The highest BCUT2D eigenvalue weighted by Crippen LogP contribution is 2.34. The quantitative estimate of drug-likeness (QED) is 0.0574. The molecule has 11 heteroatoms. The first kappa shape index (κ1) is 33.5. The number of rotatable bonds is 14.